The normalized spacial score (nSPS) is 11.5. The number of nitrogen functional groups attached to an aromatic ring is 1. The minimum Gasteiger partial charge on any atom is -0.369 e. The predicted molar refractivity (Wildman–Crippen MR) is 68.4 cm³/mol. The van der Waals surface area contributed by atoms with Gasteiger partial charge in [0, 0.05) is 7.05 Å². The van der Waals surface area contributed by atoms with E-state index in [1.807, 2.05) is 11.6 Å². The summed E-state index contributed by atoms with van der Waals surface area (Å²) in [7, 11) is 1.96. The van der Waals surface area contributed by atoms with E-state index < -0.39 is 0 Å². The van der Waals surface area contributed by atoms with Crippen LogP contribution in [-0.4, -0.2) is 9.55 Å². The van der Waals surface area contributed by atoms with Gasteiger partial charge in [-0.15, -0.1) is 0 Å². The summed E-state index contributed by atoms with van der Waals surface area (Å²) in [4.78, 5) is 4.47. The minimum atomic E-state index is 0.581. The van der Waals surface area contributed by atoms with Crippen molar-refractivity contribution in [2.75, 3.05) is 5.73 Å². The van der Waals surface area contributed by atoms with Gasteiger partial charge < -0.3 is 10.3 Å². The number of fused-ring (bicyclic) bond motifs is 1. The molecule has 1 aromatic carbocycles. The van der Waals surface area contributed by atoms with E-state index in [1.165, 1.54) is 5.56 Å². The molecule has 0 aliphatic heterocycles. The van der Waals surface area contributed by atoms with Crippen molar-refractivity contribution < 1.29 is 0 Å². The van der Waals surface area contributed by atoms with Crippen LogP contribution in [0.1, 0.15) is 38.2 Å². The Balaban J connectivity index is 2.66. The molecule has 1 heterocycles. The molecule has 2 aromatic rings. The van der Waals surface area contributed by atoms with Crippen molar-refractivity contribution in [1.82, 2.24) is 9.55 Å². The van der Waals surface area contributed by atoms with Crippen molar-refractivity contribution in [3.05, 3.63) is 23.8 Å². The van der Waals surface area contributed by atoms with Gasteiger partial charge in [-0.2, -0.15) is 0 Å². The average molecular weight is 217 g/mol. The number of imidazole rings is 1. The van der Waals surface area contributed by atoms with Gasteiger partial charge in [0.2, 0.25) is 5.95 Å². The Kier molecular flexibility index (Phi) is 2.86. The van der Waals surface area contributed by atoms with Gasteiger partial charge in [0.25, 0.3) is 0 Å². The number of anilines is 1. The highest BCUT2D eigenvalue weighted by Gasteiger charge is 2.14. The first kappa shape index (κ1) is 11.0. The Hall–Kier alpha value is -1.51. The summed E-state index contributed by atoms with van der Waals surface area (Å²) < 4.78 is 1.95. The quantitative estimate of drug-likeness (QED) is 0.858. The van der Waals surface area contributed by atoms with E-state index in [0.29, 0.717) is 11.9 Å². The maximum Gasteiger partial charge on any atom is 0.200 e. The molecule has 0 spiro atoms. The molecule has 0 amide bonds. The van der Waals surface area contributed by atoms with Crippen LogP contribution < -0.4 is 5.73 Å². The van der Waals surface area contributed by atoms with Crippen molar-refractivity contribution in [2.24, 2.45) is 7.05 Å². The van der Waals surface area contributed by atoms with Crippen LogP contribution in [0.4, 0.5) is 5.95 Å². The highest BCUT2D eigenvalue weighted by molar-refractivity contribution is 5.82. The van der Waals surface area contributed by atoms with Crippen molar-refractivity contribution in [3.63, 3.8) is 0 Å². The van der Waals surface area contributed by atoms with E-state index >= 15 is 0 Å². The van der Waals surface area contributed by atoms with Gasteiger partial charge in [-0.3, -0.25) is 0 Å². The summed E-state index contributed by atoms with van der Waals surface area (Å²) in [6.07, 6.45) is 2.29. The lowest BCUT2D eigenvalue weighted by molar-refractivity contribution is 0.645. The Morgan fingerprint density at radius 3 is 2.62 bits per heavy atom. The lowest BCUT2D eigenvalue weighted by Gasteiger charge is -2.13. The van der Waals surface area contributed by atoms with Crippen LogP contribution in [-0.2, 0) is 7.05 Å². The molecule has 0 fully saturated rings. The Morgan fingerprint density at radius 1 is 1.31 bits per heavy atom. The molecule has 0 unspecified atom stereocenters. The predicted octanol–water partition coefficient (Wildman–Crippen LogP) is 3.06. The van der Waals surface area contributed by atoms with Gasteiger partial charge in [-0.1, -0.05) is 26.0 Å². The number of nitrogens with zero attached hydrogens (tertiary/aromatic N) is 2. The second-order valence-electron chi connectivity index (χ2n) is 4.26. The van der Waals surface area contributed by atoms with Crippen LogP contribution >= 0.6 is 0 Å². The molecule has 0 atom stereocenters. The molecule has 0 bridgehead atoms. The highest BCUT2D eigenvalue weighted by atomic mass is 15.1. The fourth-order valence-electron chi connectivity index (χ4n) is 2.31. The largest absolute Gasteiger partial charge is 0.369 e. The topological polar surface area (TPSA) is 43.8 Å². The van der Waals surface area contributed by atoms with E-state index in [1.54, 1.807) is 0 Å². The van der Waals surface area contributed by atoms with Gasteiger partial charge in [0.05, 0.1) is 11.0 Å². The first-order chi connectivity index (χ1) is 7.69. The summed E-state index contributed by atoms with van der Waals surface area (Å²) >= 11 is 0. The molecule has 0 aliphatic carbocycles. The number of hydrogen-bond donors (Lipinski definition) is 1. The van der Waals surface area contributed by atoms with Crippen LogP contribution in [0.15, 0.2) is 18.2 Å². The Labute approximate surface area is 96.3 Å². The monoisotopic (exact) mass is 217 g/mol. The number of nitrogens with two attached hydrogens (primary N) is 1. The molecule has 2 rings (SSSR count). The minimum absolute atomic E-state index is 0.581. The highest BCUT2D eigenvalue weighted by Crippen LogP contribution is 2.30. The molecule has 3 heteroatoms. The maximum absolute atomic E-state index is 5.86. The molecule has 86 valence electrons. The number of benzene rings is 1. The molecule has 0 aliphatic rings. The standard InChI is InChI=1S/C13H19N3/c1-4-9(5-2)10-7-6-8-11-12(10)15-13(14)16(11)3/h6-9H,4-5H2,1-3H3,(H2,14,15). The van der Waals surface area contributed by atoms with Crippen molar-refractivity contribution in [2.45, 2.75) is 32.6 Å². The Morgan fingerprint density at radius 2 is 2.00 bits per heavy atom. The van der Waals surface area contributed by atoms with Gasteiger partial charge in [0.1, 0.15) is 0 Å². The lowest BCUT2D eigenvalue weighted by atomic mass is 9.93. The van der Waals surface area contributed by atoms with Crippen LogP contribution in [0.2, 0.25) is 0 Å². The van der Waals surface area contributed by atoms with E-state index in [2.05, 4.69) is 37.0 Å². The average Bonchev–Trinajstić information content (AvgIpc) is 2.58. The van der Waals surface area contributed by atoms with Crippen LogP contribution in [0.25, 0.3) is 11.0 Å². The van der Waals surface area contributed by atoms with Crippen LogP contribution in [0, 0.1) is 0 Å². The summed E-state index contributed by atoms with van der Waals surface area (Å²) in [6, 6.07) is 6.34. The third-order valence-corrected chi connectivity index (χ3v) is 3.40. The maximum atomic E-state index is 5.86. The lowest BCUT2D eigenvalue weighted by Crippen LogP contribution is -1.97. The zero-order valence-electron chi connectivity index (χ0n) is 10.2. The second-order valence-corrected chi connectivity index (χ2v) is 4.26. The fraction of sp³-hybridized carbons (Fsp3) is 0.462. The van der Waals surface area contributed by atoms with Crippen molar-refractivity contribution >= 4 is 17.0 Å². The summed E-state index contributed by atoms with van der Waals surface area (Å²) in [5.74, 6) is 1.17. The summed E-state index contributed by atoms with van der Waals surface area (Å²) in [5.41, 5.74) is 9.38. The molecule has 0 saturated heterocycles. The number of rotatable bonds is 3. The number of aromatic nitrogens is 2. The van der Waals surface area contributed by atoms with E-state index in [-0.39, 0.29) is 0 Å². The molecule has 2 N–H and O–H groups in total. The molecule has 0 radical (unpaired) electrons. The third-order valence-electron chi connectivity index (χ3n) is 3.40. The third kappa shape index (κ3) is 1.56. The smallest absolute Gasteiger partial charge is 0.200 e. The van der Waals surface area contributed by atoms with E-state index in [0.717, 1.165) is 23.9 Å². The number of aryl methyl sites for hydroxylation is 1. The summed E-state index contributed by atoms with van der Waals surface area (Å²) in [5, 5.41) is 0. The van der Waals surface area contributed by atoms with E-state index in [4.69, 9.17) is 5.73 Å². The second kappa shape index (κ2) is 4.16. The number of para-hydroxylation sites is 1. The molecule has 3 nitrogen and oxygen atoms in total. The van der Waals surface area contributed by atoms with Gasteiger partial charge >= 0.3 is 0 Å². The van der Waals surface area contributed by atoms with Gasteiger partial charge in [-0.25, -0.2) is 4.98 Å². The van der Waals surface area contributed by atoms with Crippen LogP contribution in [0.5, 0.6) is 0 Å². The molecular formula is C13H19N3. The van der Waals surface area contributed by atoms with Gasteiger partial charge in [0.15, 0.2) is 0 Å². The SMILES string of the molecule is CCC(CC)c1cccc2c1nc(N)n2C. The molecule has 16 heavy (non-hydrogen) atoms. The Bertz CT molecular complexity index is 495. The molecule has 0 saturated carbocycles. The van der Waals surface area contributed by atoms with Crippen molar-refractivity contribution in [1.29, 1.82) is 0 Å². The van der Waals surface area contributed by atoms with Crippen molar-refractivity contribution in [3.8, 4) is 0 Å². The molecule has 1 aromatic heterocycles. The van der Waals surface area contributed by atoms with E-state index in [9.17, 15) is 0 Å². The molecular weight excluding hydrogens is 198 g/mol. The zero-order chi connectivity index (χ0) is 11.7. The first-order valence-electron chi connectivity index (χ1n) is 5.89. The summed E-state index contributed by atoms with van der Waals surface area (Å²) in [6.45, 7) is 4.44. The van der Waals surface area contributed by atoms with Crippen LogP contribution in [0.3, 0.4) is 0 Å². The first-order valence-corrected chi connectivity index (χ1v) is 5.89. The number of hydrogen-bond acceptors (Lipinski definition) is 2. The fourth-order valence-corrected chi connectivity index (χ4v) is 2.31. The van der Waals surface area contributed by atoms with Gasteiger partial charge in [-0.05, 0) is 30.4 Å². The zero-order valence-corrected chi connectivity index (χ0v) is 10.2.